The van der Waals surface area contributed by atoms with Crippen LogP contribution >= 0.6 is 22.6 Å². The van der Waals surface area contributed by atoms with Gasteiger partial charge in [-0.1, -0.05) is 40.8 Å². The molecule has 0 radical (unpaired) electrons. The first-order valence-corrected chi connectivity index (χ1v) is 4.61. The Morgan fingerprint density at radius 2 is 2.20 bits per heavy atom. The Balaban J connectivity index is 3.14. The number of hydrogen-bond donors (Lipinski definition) is 1. The van der Waals surface area contributed by atoms with Crippen LogP contribution in [0.3, 0.4) is 0 Å². The van der Waals surface area contributed by atoms with Gasteiger partial charge in [0.1, 0.15) is 5.75 Å². The minimum absolute atomic E-state index is 0.442. The number of aryl methyl sites for hydroxylation is 1. The number of phenols is 1. The minimum atomic E-state index is 0.442. The van der Waals surface area contributed by atoms with Crippen molar-refractivity contribution in [3.8, 4) is 5.75 Å². The molecule has 1 aromatic rings. The highest BCUT2D eigenvalue weighted by Crippen LogP contribution is 2.23. The second kappa shape index (κ2) is 3.23. The van der Waals surface area contributed by atoms with Crippen molar-refractivity contribution >= 4 is 22.6 Å². The highest BCUT2D eigenvalue weighted by atomic mass is 127. The number of halogens is 1. The van der Waals surface area contributed by atoms with Crippen molar-refractivity contribution < 1.29 is 5.11 Å². The standard InChI is InChI=1S/C8H9IO/c1-6-3-2-4-7(5-9)8(6)10/h2-4,10H,5H2,1H3. The number of aromatic hydroxyl groups is 1. The summed E-state index contributed by atoms with van der Waals surface area (Å²) in [5.74, 6) is 0.442. The maximum Gasteiger partial charge on any atom is 0.122 e. The highest BCUT2D eigenvalue weighted by molar-refractivity contribution is 14.1. The molecular formula is C8H9IO. The van der Waals surface area contributed by atoms with Crippen LogP contribution in [0.15, 0.2) is 18.2 Å². The van der Waals surface area contributed by atoms with Gasteiger partial charge in [0.15, 0.2) is 0 Å². The van der Waals surface area contributed by atoms with Gasteiger partial charge in [-0.25, -0.2) is 0 Å². The fourth-order valence-corrected chi connectivity index (χ4v) is 1.44. The first kappa shape index (κ1) is 7.85. The number of para-hydroxylation sites is 1. The summed E-state index contributed by atoms with van der Waals surface area (Å²) in [5, 5.41) is 9.39. The molecule has 0 fully saturated rings. The van der Waals surface area contributed by atoms with E-state index in [9.17, 15) is 5.11 Å². The average molecular weight is 248 g/mol. The fourth-order valence-electron chi connectivity index (χ4n) is 0.828. The van der Waals surface area contributed by atoms with E-state index in [0.717, 1.165) is 15.6 Å². The molecule has 0 unspecified atom stereocenters. The number of alkyl halides is 1. The Morgan fingerprint density at radius 3 is 2.70 bits per heavy atom. The summed E-state index contributed by atoms with van der Waals surface area (Å²) in [6.45, 7) is 1.91. The first-order chi connectivity index (χ1) is 4.75. The van der Waals surface area contributed by atoms with Gasteiger partial charge in [-0.2, -0.15) is 0 Å². The molecule has 0 bridgehead atoms. The summed E-state index contributed by atoms with van der Waals surface area (Å²) in [6, 6.07) is 5.81. The van der Waals surface area contributed by atoms with E-state index >= 15 is 0 Å². The van der Waals surface area contributed by atoms with E-state index in [1.807, 2.05) is 25.1 Å². The van der Waals surface area contributed by atoms with Crippen LogP contribution in [-0.4, -0.2) is 5.11 Å². The maximum absolute atomic E-state index is 9.39. The van der Waals surface area contributed by atoms with Gasteiger partial charge in [-0.3, -0.25) is 0 Å². The topological polar surface area (TPSA) is 20.2 Å². The van der Waals surface area contributed by atoms with Crippen LogP contribution in [0, 0.1) is 6.92 Å². The Kier molecular flexibility index (Phi) is 2.54. The first-order valence-electron chi connectivity index (χ1n) is 3.09. The lowest BCUT2D eigenvalue weighted by Crippen LogP contribution is -1.81. The second-order valence-corrected chi connectivity index (χ2v) is 2.98. The molecule has 0 spiro atoms. The lowest BCUT2D eigenvalue weighted by molar-refractivity contribution is 0.467. The smallest absolute Gasteiger partial charge is 0.122 e. The quantitative estimate of drug-likeness (QED) is 0.598. The number of phenolic OH excluding ortho intramolecular Hbond substituents is 1. The summed E-state index contributed by atoms with van der Waals surface area (Å²) in [5.41, 5.74) is 1.97. The molecule has 1 nitrogen and oxygen atoms in total. The molecule has 1 aromatic carbocycles. The van der Waals surface area contributed by atoms with E-state index in [1.165, 1.54) is 0 Å². The van der Waals surface area contributed by atoms with Crippen molar-refractivity contribution in [2.45, 2.75) is 11.4 Å². The van der Waals surface area contributed by atoms with Gasteiger partial charge in [0.25, 0.3) is 0 Å². The Labute approximate surface area is 74.2 Å². The van der Waals surface area contributed by atoms with E-state index in [2.05, 4.69) is 22.6 Å². The van der Waals surface area contributed by atoms with Gasteiger partial charge in [0, 0.05) is 9.99 Å². The van der Waals surface area contributed by atoms with Gasteiger partial charge in [0.2, 0.25) is 0 Å². The van der Waals surface area contributed by atoms with Crippen LogP contribution in [-0.2, 0) is 4.43 Å². The van der Waals surface area contributed by atoms with Crippen molar-refractivity contribution in [1.29, 1.82) is 0 Å². The van der Waals surface area contributed by atoms with Gasteiger partial charge < -0.3 is 5.11 Å². The minimum Gasteiger partial charge on any atom is -0.507 e. The van der Waals surface area contributed by atoms with Crippen molar-refractivity contribution in [3.05, 3.63) is 29.3 Å². The summed E-state index contributed by atoms with van der Waals surface area (Å²) in [6.07, 6.45) is 0. The molecule has 2 heteroatoms. The maximum atomic E-state index is 9.39. The molecule has 10 heavy (non-hydrogen) atoms. The van der Waals surface area contributed by atoms with Gasteiger partial charge in [0.05, 0.1) is 0 Å². The normalized spacial score (nSPS) is 9.80. The molecule has 0 aromatic heterocycles. The lowest BCUT2D eigenvalue weighted by Gasteiger charge is -2.01. The number of benzene rings is 1. The van der Waals surface area contributed by atoms with Gasteiger partial charge in [-0.05, 0) is 12.5 Å². The van der Waals surface area contributed by atoms with Crippen LogP contribution in [0.2, 0.25) is 0 Å². The van der Waals surface area contributed by atoms with E-state index in [1.54, 1.807) is 0 Å². The van der Waals surface area contributed by atoms with Crippen LogP contribution in [0.25, 0.3) is 0 Å². The molecule has 1 N–H and O–H groups in total. The summed E-state index contributed by atoms with van der Waals surface area (Å²) in [4.78, 5) is 0. The molecule has 54 valence electrons. The van der Waals surface area contributed by atoms with Crippen LogP contribution in [0.5, 0.6) is 5.75 Å². The fraction of sp³-hybridized carbons (Fsp3) is 0.250. The SMILES string of the molecule is Cc1cccc(CI)c1O. The predicted octanol–water partition coefficient (Wildman–Crippen LogP) is 2.64. The van der Waals surface area contributed by atoms with Gasteiger partial charge >= 0.3 is 0 Å². The molecule has 0 saturated carbocycles. The molecular weight excluding hydrogens is 239 g/mol. The third-order valence-corrected chi connectivity index (χ3v) is 2.29. The van der Waals surface area contributed by atoms with Gasteiger partial charge in [-0.15, -0.1) is 0 Å². The molecule has 0 aliphatic heterocycles. The summed E-state index contributed by atoms with van der Waals surface area (Å²) in [7, 11) is 0. The monoisotopic (exact) mass is 248 g/mol. The largest absolute Gasteiger partial charge is 0.507 e. The Hall–Kier alpha value is -0.250. The van der Waals surface area contributed by atoms with Crippen LogP contribution in [0.4, 0.5) is 0 Å². The van der Waals surface area contributed by atoms with E-state index in [-0.39, 0.29) is 0 Å². The molecule has 1 rings (SSSR count). The second-order valence-electron chi connectivity index (χ2n) is 2.22. The van der Waals surface area contributed by atoms with Crippen molar-refractivity contribution in [2.75, 3.05) is 0 Å². The lowest BCUT2D eigenvalue weighted by atomic mass is 10.1. The zero-order chi connectivity index (χ0) is 7.56. The summed E-state index contributed by atoms with van der Waals surface area (Å²) >= 11 is 2.24. The highest BCUT2D eigenvalue weighted by Gasteiger charge is 1.99. The third-order valence-electron chi connectivity index (χ3n) is 1.47. The molecule has 0 heterocycles. The van der Waals surface area contributed by atoms with Crippen molar-refractivity contribution in [3.63, 3.8) is 0 Å². The predicted molar refractivity (Wildman–Crippen MR) is 50.6 cm³/mol. The van der Waals surface area contributed by atoms with Crippen molar-refractivity contribution in [1.82, 2.24) is 0 Å². The van der Waals surface area contributed by atoms with E-state index in [0.29, 0.717) is 5.75 Å². The molecule has 0 aliphatic carbocycles. The summed E-state index contributed by atoms with van der Waals surface area (Å²) < 4.78 is 0.866. The number of rotatable bonds is 1. The Morgan fingerprint density at radius 1 is 1.50 bits per heavy atom. The number of hydrogen-bond acceptors (Lipinski definition) is 1. The van der Waals surface area contributed by atoms with Crippen molar-refractivity contribution in [2.24, 2.45) is 0 Å². The van der Waals surface area contributed by atoms with Crippen LogP contribution < -0.4 is 0 Å². The zero-order valence-corrected chi connectivity index (χ0v) is 7.92. The zero-order valence-electron chi connectivity index (χ0n) is 5.76. The van der Waals surface area contributed by atoms with Crippen LogP contribution in [0.1, 0.15) is 11.1 Å². The molecule has 0 amide bonds. The molecule has 0 atom stereocenters. The molecule has 0 aliphatic rings. The Bertz CT molecular complexity index is 233. The molecule has 0 saturated heterocycles. The third kappa shape index (κ3) is 1.42. The van der Waals surface area contributed by atoms with E-state index in [4.69, 9.17) is 0 Å². The van der Waals surface area contributed by atoms with E-state index < -0.39 is 0 Å². The average Bonchev–Trinajstić information content (AvgIpc) is 1.95.